The van der Waals surface area contributed by atoms with Crippen LogP contribution in [0.3, 0.4) is 0 Å². The van der Waals surface area contributed by atoms with E-state index in [-0.39, 0.29) is 6.04 Å². The first kappa shape index (κ1) is 19.7. The van der Waals surface area contributed by atoms with Crippen LogP contribution in [-0.2, 0) is 4.84 Å². The maximum Gasteiger partial charge on any atom is 0.248 e. The van der Waals surface area contributed by atoms with E-state index < -0.39 is 6.10 Å². The summed E-state index contributed by atoms with van der Waals surface area (Å²) in [6.45, 7) is 3.60. The van der Waals surface area contributed by atoms with E-state index >= 15 is 0 Å². The first-order valence-corrected chi connectivity index (χ1v) is 11.3. The molecule has 2 atom stereocenters. The second-order valence-corrected chi connectivity index (χ2v) is 8.91. The maximum absolute atomic E-state index is 9.74. The molecule has 1 N–H and O–H groups in total. The summed E-state index contributed by atoms with van der Waals surface area (Å²) >= 11 is 1.82. The van der Waals surface area contributed by atoms with Gasteiger partial charge in [-0.3, -0.25) is 0 Å². The molecule has 0 radical (unpaired) electrons. The molecule has 4 aromatic rings. The minimum absolute atomic E-state index is 0.0654. The molecule has 0 amide bonds. The Labute approximate surface area is 185 Å². The summed E-state index contributed by atoms with van der Waals surface area (Å²) in [7, 11) is 0. The monoisotopic (exact) mass is 426 g/mol. The first-order valence-electron chi connectivity index (χ1n) is 10.5. The predicted molar refractivity (Wildman–Crippen MR) is 129 cm³/mol. The highest BCUT2D eigenvalue weighted by Gasteiger charge is 2.33. The van der Waals surface area contributed by atoms with Crippen LogP contribution in [0.25, 0.3) is 25.7 Å². The fourth-order valence-electron chi connectivity index (χ4n) is 4.15. The van der Waals surface area contributed by atoms with Gasteiger partial charge in [0, 0.05) is 38.7 Å². The smallest absolute Gasteiger partial charge is 0.248 e. The normalized spacial score (nSPS) is 17.6. The van der Waals surface area contributed by atoms with Crippen molar-refractivity contribution in [2.24, 2.45) is 0 Å². The van der Waals surface area contributed by atoms with Gasteiger partial charge in [0.1, 0.15) is 0 Å². The molecule has 1 aliphatic heterocycles. The molecule has 4 heteroatoms. The molecule has 1 aromatic heterocycles. The van der Waals surface area contributed by atoms with Crippen LogP contribution < -0.4 is 0 Å². The highest BCUT2D eigenvalue weighted by Crippen LogP contribution is 2.40. The van der Waals surface area contributed by atoms with E-state index in [0.717, 1.165) is 11.1 Å². The lowest BCUT2D eigenvalue weighted by molar-refractivity contribution is -0.790. The third-order valence-electron chi connectivity index (χ3n) is 5.46. The quantitative estimate of drug-likeness (QED) is 0.292. The van der Waals surface area contributed by atoms with Gasteiger partial charge in [-0.2, -0.15) is 0 Å². The molecule has 0 saturated heterocycles. The zero-order valence-corrected chi connectivity index (χ0v) is 18.3. The van der Waals surface area contributed by atoms with Gasteiger partial charge < -0.3 is 5.11 Å². The van der Waals surface area contributed by atoms with E-state index in [1.165, 1.54) is 25.7 Å². The molecule has 1 aliphatic rings. The SMILES string of the molecule is C/C(=C/C(C)O)O[N+]1=CC(c2ccccc2)=CC1c1cccc2c1sc1ccccc12. The van der Waals surface area contributed by atoms with Crippen molar-refractivity contribution in [1.29, 1.82) is 0 Å². The van der Waals surface area contributed by atoms with Crippen LogP contribution in [0.1, 0.15) is 31.0 Å². The van der Waals surface area contributed by atoms with Gasteiger partial charge in [0.2, 0.25) is 12.3 Å². The molecule has 0 bridgehead atoms. The van der Waals surface area contributed by atoms with Crippen molar-refractivity contribution >= 4 is 43.3 Å². The molecular weight excluding hydrogens is 402 g/mol. The Bertz CT molecular complexity index is 1350. The predicted octanol–water partition coefficient (Wildman–Crippen LogP) is 6.49. The van der Waals surface area contributed by atoms with Crippen LogP contribution in [0, 0.1) is 0 Å². The van der Waals surface area contributed by atoms with Crippen molar-refractivity contribution in [2.45, 2.75) is 26.0 Å². The molecule has 0 fully saturated rings. The topological polar surface area (TPSA) is 32.5 Å². The molecule has 0 saturated carbocycles. The van der Waals surface area contributed by atoms with Crippen LogP contribution in [0.4, 0.5) is 0 Å². The fraction of sp³-hybridized carbons (Fsp3) is 0.148. The zero-order valence-electron chi connectivity index (χ0n) is 17.5. The van der Waals surface area contributed by atoms with Crippen molar-refractivity contribution in [1.82, 2.24) is 0 Å². The van der Waals surface area contributed by atoms with E-state index in [1.807, 2.05) is 47.4 Å². The summed E-state index contributed by atoms with van der Waals surface area (Å²) in [5.74, 6) is 0.669. The number of aliphatic hydroxyl groups excluding tert-OH is 1. The first-order chi connectivity index (χ1) is 15.1. The van der Waals surface area contributed by atoms with Crippen molar-refractivity contribution < 1.29 is 14.7 Å². The number of hydrogen-bond acceptors (Lipinski definition) is 3. The number of hydrogen-bond donors (Lipinski definition) is 1. The molecule has 2 heterocycles. The summed E-state index contributed by atoms with van der Waals surface area (Å²) in [5, 5.41) is 12.3. The average molecular weight is 427 g/mol. The van der Waals surface area contributed by atoms with Crippen LogP contribution in [-0.4, -0.2) is 22.2 Å². The Morgan fingerprint density at radius 3 is 2.55 bits per heavy atom. The van der Waals surface area contributed by atoms with Crippen LogP contribution in [0.5, 0.6) is 0 Å². The lowest BCUT2D eigenvalue weighted by Gasteiger charge is -2.10. The van der Waals surface area contributed by atoms with E-state index in [9.17, 15) is 5.11 Å². The Morgan fingerprint density at radius 2 is 1.74 bits per heavy atom. The van der Waals surface area contributed by atoms with E-state index in [0.29, 0.717) is 5.76 Å². The van der Waals surface area contributed by atoms with Crippen molar-refractivity contribution in [3.8, 4) is 0 Å². The number of benzene rings is 3. The molecule has 154 valence electrons. The van der Waals surface area contributed by atoms with Gasteiger partial charge in [0.25, 0.3) is 0 Å². The number of aliphatic hydroxyl groups is 1. The Hall–Kier alpha value is -3.21. The number of nitrogens with zero attached hydrogens (tertiary/aromatic N) is 1. The molecule has 0 spiro atoms. The van der Waals surface area contributed by atoms with Crippen LogP contribution >= 0.6 is 11.3 Å². The molecule has 5 rings (SSSR count). The highest BCUT2D eigenvalue weighted by molar-refractivity contribution is 7.26. The van der Waals surface area contributed by atoms with Gasteiger partial charge in [-0.05, 0) is 29.4 Å². The van der Waals surface area contributed by atoms with Gasteiger partial charge in [0.15, 0.2) is 5.76 Å². The van der Waals surface area contributed by atoms with E-state index in [4.69, 9.17) is 4.84 Å². The van der Waals surface area contributed by atoms with Crippen molar-refractivity contribution in [3.05, 3.63) is 102 Å². The molecule has 31 heavy (non-hydrogen) atoms. The third kappa shape index (κ3) is 3.80. The van der Waals surface area contributed by atoms with Gasteiger partial charge >= 0.3 is 0 Å². The van der Waals surface area contributed by atoms with Crippen molar-refractivity contribution in [2.75, 3.05) is 0 Å². The average Bonchev–Trinajstić information content (AvgIpc) is 3.35. The van der Waals surface area contributed by atoms with Gasteiger partial charge in [0.05, 0.1) is 11.7 Å². The van der Waals surface area contributed by atoms with Crippen LogP contribution in [0.15, 0.2) is 90.7 Å². The van der Waals surface area contributed by atoms with Gasteiger partial charge in [-0.1, -0.05) is 66.7 Å². The number of rotatable bonds is 5. The second kappa shape index (κ2) is 8.14. The van der Waals surface area contributed by atoms with Gasteiger partial charge in [-0.25, -0.2) is 4.84 Å². The molecular formula is C27H24NO2S+. The maximum atomic E-state index is 9.74. The summed E-state index contributed by atoms with van der Waals surface area (Å²) in [6, 6.07) is 25.3. The van der Waals surface area contributed by atoms with E-state index in [2.05, 4.69) is 60.7 Å². The number of fused-ring (bicyclic) bond motifs is 3. The summed E-state index contributed by atoms with van der Waals surface area (Å²) in [6.07, 6.45) is 5.45. The second-order valence-electron chi connectivity index (χ2n) is 7.85. The minimum atomic E-state index is -0.561. The highest BCUT2D eigenvalue weighted by atomic mass is 32.1. The minimum Gasteiger partial charge on any atom is -0.389 e. The summed E-state index contributed by atoms with van der Waals surface area (Å²) < 4.78 is 4.46. The van der Waals surface area contributed by atoms with Gasteiger partial charge in [-0.15, -0.1) is 11.3 Å². The summed E-state index contributed by atoms with van der Waals surface area (Å²) in [5.41, 5.74) is 3.48. The fourth-order valence-corrected chi connectivity index (χ4v) is 5.40. The number of thiophene rings is 1. The largest absolute Gasteiger partial charge is 0.389 e. The number of allylic oxidation sites excluding steroid dienone is 2. The lowest BCUT2D eigenvalue weighted by Crippen LogP contribution is -2.15. The Balaban J connectivity index is 1.65. The van der Waals surface area contributed by atoms with Crippen molar-refractivity contribution in [3.63, 3.8) is 0 Å². The van der Waals surface area contributed by atoms with Crippen LogP contribution in [0.2, 0.25) is 0 Å². The third-order valence-corrected chi connectivity index (χ3v) is 6.70. The standard InChI is InChI=1S/C27H24NO2S/c1-18(29)15-19(2)30-28-17-21(20-9-4-3-5-10-20)16-25(28)24-13-8-12-23-22-11-6-7-14-26(22)31-27(23)24/h3-18,25,29H,1-2H3/q+1/b19-15-. The molecule has 0 aliphatic carbocycles. The number of hydroxylamine groups is 1. The van der Waals surface area contributed by atoms with E-state index in [1.54, 1.807) is 13.0 Å². The molecule has 2 unspecified atom stereocenters. The lowest BCUT2D eigenvalue weighted by atomic mass is 10.0. The Kier molecular flexibility index (Phi) is 5.18. The summed E-state index contributed by atoms with van der Waals surface area (Å²) in [4.78, 5) is 6.20. The molecule has 3 aromatic carbocycles. The Morgan fingerprint density at radius 1 is 1.00 bits per heavy atom. The zero-order chi connectivity index (χ0) is 21.4. The molecule has 3 nitrogen and oxygen atoms in total.